The van der Waals surface area contributed by atoms with E-state index in [1.165, 1.54) is 0 Å². The molecule has 0 aliphatic carbocycles. The SMILES string of the molecule is CC(C)(C)[C@@H](CNS(C)(=O)=O)NC(=O)n1c(=O)n(CCN2CCOCC2)c2ccccc21. The summed E-state index contributed by atoms with van der Waals surface area (Å²) in [7, 11) is -3.42. The molecule has 32 heavy (non-hydrogen) atoms. The Kier molecular flexibility index (Phi) is 7.43. The van der Waals surface area contributed by atoms with Crippen LogP contribution in [0.15, 0.2) is 29.1 Å². The van der Waals surface area contributed by atoms with Crippen LogP contribution in [-0.4, -0.2) is 80.2 Å². The molecule has 1 fully saturated rings. The second kappa shape index (κ2) is 9.74. The molecular weight excluding hydrogens is 434 g/mol. The van der Waals surface area contributed by atoms with Gasteiger partial charge in [0.2, 0.25) is 10.0 Å². The number of carbonyl (C=O) groups is 1. The van der Waals surface area contributed by atoms with Crippen LogP contribution in [0.1, 0.15) is 20.8 Å². The fraction of sp³-hybridized carbons (Fsp3) is 0.619. The van der Waals surface area contributed by atoms with Gasteiger partial charge in [-0.15, -0.1) is 0 Å². The van der Waals surface area contributed by atoms with E-state index in [0.29, 0.717) is 37.3 Å². The van der Waals surface area contributed by atoms with Crippen molar-refractivity contribution in [2.75, 3.05) is 45.6 Å². The molecule has 2 aromatic rings. The molecule has 10 nitrogen and oxygen atoms in total. The summed E-state index contributed by atoms with van der Waals surface area (Å²) >= 11 is 0. The normalized spacial score (nSPS) is 16.9. The maximum atomic E-state index is 13.3. The molecule has 1 aromatic carbocycles. The summed E-state index contributed by atoms with van der Waals surface area (Å²) < 4.78 is 33.7. The van der Waals surface area contributed by atoms with Gasteiger partial charge in [0.05, 0.1) is 30.5 Å². The van der Waals surface area contributed by atoms with E-state index < -0.39 is 33.2 Å². The minimum absolute atomic E-state index is 0.0263. The molecule has 1 aromatic heterocycles. The van der Waals surface area contributed by atoms with Gasteiger partial charge in [0, 0.05) is 38.8 Å². The second-order valence-corrected chi connectivity index (χ2v) is 11.0. The van der Waals surface area contributed by atoms with Gasteiger partial charge in [-0.25, -0.2) is 27.3 Å². The molecule has 1 amide bonds. The highest BCUT2D eigenvalue weighted by Crippen LogP contribution is 2.20. The maximum absolute atomic E-state index is 13.3. The van der Waals surface area contributed by atoms with Gasteiger partial charge in [0.15, 0.2) is 0 Å². The smallest absolute Gasteiger partial charge is 0.337 e. The van der Waals surface area contributed by atoms with Gasteiger partial charge in [-0.3, -0.25) is 9.47 Å². The predicted molar refractivity (Wildman–Crippen MR) is 123 cm³/mol. The highest BCUT2D eigenvalue weighted by atomic mass is 32.2. The van der Waals surface area contributed by atoms with Crippen LogP contribution >= 0.6 is 0 Å². The van der Waals surface area contributed by atoms with Gasteiger partial charge in [0.25, 0.3) is 0 Å². The molecule has 1 aliphatic heterocycles. The van der Waals surface area contributed by atoms with Crippen LogP contribution in [0.4, 0.5) is 4.79 Å². The molecule has 1 saturated heterocycles. The van der Waals surface area contributed by atoms with E-state index in [1.807, 2.05) is 32.9 Å². The van der Waals surface area contributed by atoms with Gasteiger partial charge < -0.3 is 10.1 Å². The van der Waals surface area contributed by atoms with E-state index >= 15 is 0 Å². The Morgan fingerprint density at radius 2 is 1.75 bits per heavy atom. The molecular formula is C21H33N5O5S. The first-order chi connectivity index (χ1) is 15.0. The number of carbonyl (C=O) groups excluding carboxylic acids is 1. The predicted octanol–water partition coefficient (Wildman–Crippen LogP) is 0.657. The summed E-state index contributed by atoms with van der Waals surface area (Å²) in [5.41, 5.74) is 0.343. The topological polar surface area (TPSA) is 115 Å². The number of morpholine rings is 1. The fourth-order valence-corrected chi connectivity index (χ4v) is 4.18. The van der Waals surface area contributed by atoms with Crippen molar-refractivity contribution in [3.05, 3.63) is 34.7 Å². The number of rotatable bonds is 7. The van der Waals surface area contributed by atoms with Gasteiger partial charge in [-0.2, -0.15) is 0 Å². The summed E-state index contributed by atoms with van der Waals surface area (Å²) in [5, 5.41) is 2.85. The van der Waals surface area contributed by atoms with Crippen molar-refractivity contribution in [2.45, 2.75) is 33.4 Å². The zero-order valence-corrected chi connectivity index (χ0v) is 19.9. The van der Waals surface area contributed by atoms with Crippen molar-refractivity contribution < 1.29 is 17.9 Å². The van der Waals surface area contributed by atoms with E-state index in [1.54, 1.807) is 16.7 Å². The molecule has 0 unspecified atom stereocenters. The van der Waals surface area contributed by atoms with Crippen molar-refractivity contribution in [3.8, 4) is 0 Å². The number of amides is 1. The van der Waals surface area contributed by atoms with Gasteiger partial charge in [0.1, 0.15) is 0 Å². The number of aromatic nitrogens is 2. The average molecular weight is 468 g/mol. The molecule has 11 heteroatoms. The maximum Gasteiger partial charge on any atom is 0.337 e. The number of nitrogens with one attached hydrogen (secondary N) is 2. The van der Waals surface area contributed by atoms with E-state index in [9.17, 15) is 18.0 Å². The largest absolute Gasteiger partial charge is 0.379 e. The Labute approximate surface area is 188 Å². The van der Waals surface area contributed by atoms with Crippen molar-refractivity contribution in [1.29, 1.82) is 0 Å². The average Bonchev–Trinajstić information content (AvgIpc) is 3.00. The molecule has 0 radical (unpaired) electrons. The van der Waals surface area contributed by atoms with Crippen LogP contribution in [0.5, 0.6) is 0 Å². The first-order valence-corrected chi connectivity index (χ1v) is 12.6. The zero-order valence-electron chi connectivity index (χ0n) is 19.1. The molecule has 2 heterocycles. The van der Waals surface area contributed by atoms with Crippen molar-refractivity contribution in [2.24, 2.45) is 5.41 Å². The van der Waals surface area contributed by atoms with E-state index in [2.05, 4.69) is 14.9 Å². The highest BCUT2D eigenvalue weighted by Gasteiger charge is 2.29. The number of hydrogen-bond donors (Lipinski definition) is 2. The van der Waals surface area contributed by atoms with E-state index in [0.717, 1.165) is 23.9 Å². The van der Waals surface area contributed by atoms with Gasteiger partial charge in [-0.05, 0) is 17.5 Å². The quantitative estimate of drug-likeness (QED) is 0.618. The number of nitrogens with zero attached hydrogens (tertiary/aromatic N) is 3. The summed E-state index contributed by atoms with van der Waals surface area (Å²) in [6.45, 7) is 9.84. The lowest BCUT2D eigenvalue weighted by Gasteiger charge is -2.31. The number of fused-ring (bicyclic) bond motifs is 1. The molecule has 0 spiro atoms. The fourth-order valence-electron chi connectivity index (χ4n) is 3.71. The Bertz CT molecular complexity index is 1110. The molecule has 3 rings (SSSR count). The lowest BCUT2D eigenvalue weighted by molar-refractivity contribution is 0.0364. The Morgan fingerprint density at radius 1 is 1.12 bits per heavy atom. The van der Waals surface area contributed by atoms with Crippen LogP contribution < -0.4 is 15.7 Å². The number of benzene rings is 1. The molecule has 0 bridgehead atoms. The van der Waals surface area contributed by atoms with E-state index in [4.69, 9.17) is 4.74 Å². The van der Waals surface area contributed by atoms with Crippen LogP contribution in [0.2, 0.25) is 0 Å². The Hall–Kier alpha value is -2.21. The lowest BCUT2D eigenvalue weighted by atomic mass is 9.87. The molecule has 178 valence electrons. The lowest BCUT2D eigenvalue weighted by Crippen LogP contribution is -2.52. The number of sulfonamides is 1. The van der Waals surface area contributed by atoms with Crippen LogP contribution in [0, 0.1) is 5.41 Å². The minimum atomic E-state index is -3.42. The third kappa shape index (κ3) is 5.97. The number of hydrogen-bond acceptors (Lipinski definition) is 6. The zero-order chi connectivity index (χ0) is 23.5. The summed E-state index contributed by atoms with van der Waals surface area (Å²) in [6.07, 6.45) is 1.07. The van der Waals surface area contributed by atoms with Crippen molar-refractivity contribution >= 4 is 27.1 Å². The first kappa shape index (κ1) is 24.4. The van der Waals surface area contributed by atoms with Crippen molar-refractivity contribution in [1.82, 2.24) is 24.1 Å². The Balaban J connectivity index is 1.87. The monoisotopic (exact) mass is 467 g/mol. The molecule has 2 N–H and O–H groups in total. The van der Waals surface area contributed by atoms with Crippen LogP contribution in [-0.2, 0) is 21.3 Å². The standard InChI is InChI=1S/C21H33N5O5S/c1-21(2,3)18(15-22-32(4,29)30)23-19(27)26-17-8-6-5-7-16(17)25(20(26)28)10-9-24-11-13-31-14-12-24/h5-8,18,22H,9-15H2,1-4H3,(H,23,27)/t18-/m1/s1. The number of ether oxygens (including phenoxy) is 1. The van der Waals surface area contributed by atoms with Crippen LogP contribution in [0.25, 0.3) is 11.0 Å². The van der Waals surface area contributed by atoms with Crippen molar-refractivity contribution in [3.63, 3.8) is 0 Å². The third-order valence-corrected chi connectivity index (χ3v) is 6.37. The number of imidazole rings is 1. The summed E-state index contributed by atoms with van der Waals surface area (Å²) in [5.74, 6) is 0. The Morgan fingerprint density at radius 3 is 2.34 bits per heavy atom. The van der Waals surface area contributed by atoms with Gasteiger partial charge in [-0.1, -0.05) is 32.9 Å². The number of para-hydroxylation sites is 2. The second-order valence-electron chi connectivity index (χ2n) is 9.20. The van der Waals surface area contributed by atoms with Gasteiger partial charge >= 0.3 is 11.7 Å². The van der Waals surface area contributed by atoms with Crippen LogP contribution in [0.3, 0.4) is 0 Å². The first-order valence-electron chi connectivity index (χ1n) is 10.7. The molecule has 1 aliphatic rings. The molecule has 0 saturated carbocycles. The minimum Gasteiger partial charge on any atom is -0.379 e. The van der Waals surface area contributed by atoms with E-state index in [-0.39, 0.29) is 6.54 Å². The summed E-state index contributed by atoms with van der Waals surface area (Å²) in [6, 6.07) is 6.08. The third-order valence-electron chi connectivity index (χ3n) is 5.67. The molecule has 1 atom stereocenters. The summed E-state index contributed by atoms with van der Waals surface area (Å²) in [4.78, 5) is 28.7. The highest BCUT2D eigenvalue weighted by molar-refractivity contribution is 7.88.